The first kappa shape index (κ1) is 14.6. The molecule has 3 N–H and O–H groups in total. The Morgan fingerprint density at radius 1 is 1.12 bits per heavy atom. The Morgan fingerprint density at radius 3 is 1.81 bits per heavy atom. The Hall–Kier alpha value is -1.39. The van der Waals surface area contributed by atoms with E-state index in [2.05, 4.69) is 5.32 Å². The second-order valence-corrected chi connectivity index (χ2v) is 4.44. The third-order valence-electron chi connectivity index (χ3n) is 2.33. The minimum Gasteiger partial charge on any atom is -0.352 e. The number of nitrogens with one attached hydrogen (secondary N) is 1. The molecule has 0 aliphatic carbocycles. The van der Waals surface area contributed by atoms with Crippen LogP contribution in [0.1, 0.15) is 34.1 Å². The predicted octanol–water partition coefficient (Wildman–Crippen LogP) is 0.864. The number of primary amides is 1. The lowest BCUT2D eigenvalue weighted by Gasteiger charge is -2.25. The van der Waals surface area contributed by atoms with Gasteiger partial charge in [0.1, 0.15) is 11.6 Å². The fraction of sp³-hybridized carbons (Fsp3) is 0.727. The Balaban J connectivity index is 4.87. The lowest BCUT2D eigenvalue weighted by Crippen LogP contribution is -2.48. The molecule has 0 heterocycles. The molecule has 0 saturated heterocycles. The van der Waals surface area contributed by atoms with Gasteiger partial charge in [-0.1, -0.05) is 13.8 Å². The number of hydrogen-bond donors (Lipinski definition) is 2. The molecular weight excluding hydrogens is 208 g/mol. The summed E-state index contributed by atoms with van der Waals surface area (Å²) in [6, 6.07) is -1.22. The maximum absolute atomic E-state index is 11.4. The van der Waals surface area contributed by atoms with Gasteiger partial charge in [0.05, 0.1) is 5.92 Å². The largest absolute Gasteiger partial charge is 0.352 e. The van der Waals surface area contributed by atoms with Crippen LogP contribution in [0.2, 0.25) is 0 Å². The first-order valence-electron chi connectivity index (χ1n) is 5.32. The summed E-state index contributed by atoms with van der Waals surface area (Å²) >= 11 is 0. The molecule has 0 bridgehead atoms. The van der Waals surface area contributed by atoms with Crippen molar-refractivity contribution in [2.75, 3.05) is 0 Å². The molecule has 16 heavy (non-hydrogen) atoms. The predicted molar refractivity (Wildman–Crippen MR) is 60.8 cm³/mol. The molecule has 0 aliphatic rings. The van der Waals surface area contributed by atoms with Crippen LogP contribution in [0.15, 0.2) is 0 Å². The second-order valence-electron chi connectivity index (χ2n) is 4.44. The molecule has 0 spiro atoms. The van der Waals surface area contributed by atoms with Crippen LogP contribution in [-0.4, -0.2) is 23.6 Å². The van der Waals surface area contributed by atoms with Crippen LogP contribution < -0.4 is 11.1 Å². The van der Waals surface area contributed by atoms with Gasteiger partial charge >= 0.3 is 6.03 Å². The average Bonchev–Trinajstić information content (AvgIpc) is 1.98. The molecule has 1 unspecified atom stereocenters. The summed E-state index contributed by atoms with van der Waals surface area (Å²) in [7, 11) is 0. The molecule has 1 atom stereocenters. The number of amides is 2. The highest BCUT2D eigenvalue weighted by molar-refractivity contribution is 6.01. The highest BCUT2D eigenvalue weighted by Crippen LogP contribution is 2.15. The van der Waals surface area contributed by atoms with E-state index in [-0.39, 0.29) is 17.5 Å². The van der Waals surface area contributed by atoms with Crippen LogP contribution in [0.25, 0.3) is 0 Å². The maximum atomic E-state index is 11.4. The van der Waals surface area contributed by atoms with Crippen LogP contribution in [0.5, 0.6) is 0 Å². The van der Waals surface area contributed by atoms with Gasteiger partial charge in [0.25, 0.3) is 0 Å². The van der Waals surface area contributed by atoms with Crippen molar-refractivity contribution in [2.45, 2.75) is 40.2 Å². The Bertz CT molecular complexity index is 273. The molecule has 2 amide bonds. The molecule has 0 rings (SSSR count). The minimum atomic E-state index is -0.796. The minimum absolute atomic E-state index is 0.244. The molecule has 5 nitrogen and oxygen atoms in total. The Labute approximate surface area is 95.8 Å². The van der Waals surface area contributed by atoms with E-state index >= 15 is 0 Å². The molecular formula is C11H20N2O3. The Morgan fingerprint density at radius 2 is 1.56 bits per heavy atom. The van der Waals surface area contributed by atoms with Crippen molar-refractivity contribution >= 4 is 17.6 Å². The van der Waals surface area contributed by atoms with Crippen LogP contribution >= 0.6 is 0 Å². The first-order valence-corrected chi connectivity index (χ1v) is 5.32. The Kier molecular flexibility index (Phi) is 5.71. The van der Waals surface area contributed by atoms with Gasteiger partial charge < -0.3 is 11.1 Å². The number of hydrogen-bond acceptors (Lipinski definition) is 3. The highest BCUT2D eigenvalue weighted by Gasteiger charge is 2.30. The van der Waals surface area contributed by atoms with Crippen molar-refractivity contribution in [3.8, 4) is 0 Å². The number of nitrogens with two attached hydrogens (primary N) is 1. The topological polar surface area (TPSA) is 89.3 Å². The standard InChI is InChI=1S/C11H20N2O3/c1-6(2)5-9(13-11(12)16)10(7(3)14)8(4)15/h6,9-10H,5H2,1-4H3,(H3,12,13,16). The molecule has 0 fully saturated rings. The van der Waals surface area contributed by atoms with E-state index in [1.54, 1.807) is 0 Å². The van der Waals surface area contributed by atoms with Crippen LogP contribution in [0.4, 0.5) is 4.79 Å². The number of rotatable bonds is 6. The molecule has 0 saturated carbocycles. The van der Waals surface area contributed by atoms with Crippen molar-refractivity contribution in [1.82, 2.24) is 5.32 Å². The zero-order valence-electron chi connectivity index (χ0n) is 10.2. The smallest absolute Gasteiger partial charge is 0.312 e. The van der Waals surface area contributed by atoms with Gasteiger partial charge in [0.2, 0.25) is 0 Å². The van der Waals surface area contributed by atoms with Crippen molar-refractivity contribution < 1.29 is 14.4 Å². The molecule has 0 aliphatic heterocycles. The van der Waals surface area contributed by atoms with Gasteiger partial charge in [0, 0.05) is 6.04 Å². The lowest BCUT2D eigenvalue weighted by atomic mass is 9.86. The van der Waals surface area contributed by atoms with Gasteiger partial charge in [-0.25, -0.2) is 4.79 Å². The molecule has 0 radical (unpaired) electrons. The molecule has 5 heteroatoms. The summed E-state index contributed by atoms with van der Waals surface area (Å²) in [5.74, 6) is -1.02. The molecule has 0 aromatic rings. The molecule has 0 aromatic heterocycles. The van der Waals surface area contributed by atoms with E-state index in [9.17, 15) is 14.4 Å². The quantitative estimate of drug-likeness (QED) is 0.661. The fourth-order valence-electron chi connectivity index (χ4n) is 1.82. The number of Topliss-reactive ketones (excluding diaryl/α,β-unsaturated/α-hetero) is 2. The zero-order valence-corrected chi connectivity index (χ0v) is 10.2. The molecule has 0 aromatic carbocycles. The van der Waals surface area contributed by atoms with Gasteiger partial charge in [-0.2, -0.15) is 0 Å². The zero-order chi connectivity index (χ0) is 12.9. The average molecular weight is 228 g/mol. The van der Waals surface area contributed by atoms with Crippen LogP contribution in [-0.2, 0) is 9.59 Å². The molecule has 92 valence electrons. The van der Waals surface area contributed by atoms with Crippen molar-refractivity contribution in [1.29, 1.82) is 0 Å². The number of ketones is 2. The summed E-state index contributed by atoms with van der Waals surface area (Å²) in [6.45, 7) is 6.60. The van der Waals surface area contributed by atoms with Gasteiger partial charge in [0.15, 0.2) is 0 Å². The summed E-state index contributed by atoms with van der Waals surface area (Å²) in [5, 5.41) is 2.47. The fourth-order valence-corrected chi connectivity index (χ4v) is 1.82. The van der Waals surface area contributed by atoms with Gasteiger partial charge in [-0.15, -0.1) is 0 Å². The second kappa shape index (κ2) is 6.25. The van der Waals surface area contributed by atoms with E-state index in [0.717, 1.165) is 0 Å². The summed E-state index contributed by atoms with van der Waals surface area (Å²) in [4.78, 5) is 33.6. The third-order valence-corrected chi connectivity index (χ3v) is 2.33. The van der Waals surface area contributed by atoms with Crippen LogP contribution in [0, 0.1) is 11.8 Å². The van der Waals surface area contributed by atoms with Crippen LogP contribution in [0.3, 0.4) is 0 Å². The van der Waals surface area contributed by atoms with Crippen molar-refractivity contribution in [3.63, 3.8) is 0 Å². The number of carbonyl (C=O) groups excluding carboxylic acids is 3. The van der Waals surface area contributed by atoms with Crippen molar-refractivity contribution in [2.24, 2.45) is 17.6 Å². The highest BCUT2D eigenvalue weighted by atomic mass is 16.2. The van der Waals surface area contributed by atoms with E-state index in [1.807, 2.05) is 13.8 Å². The summed E-state index contributed by atoms with van der Waals surface area (Å²) in [6.07, 6.45) is 0.548. The van der Waals surface area contributed by atoms with Gasteiger partial charge in [-0.05, 0) is 26.2 Å². The van der Waals surface area contributed by atoms with E-state index in [1.165, 1.54) is 13.8 Å². The summed E-state index contributed by atoms with van der Waals surface area (Å²) < 4.78 is 0. The van der Waals surface area contributed by atoms with E-state index in [4.69, 9.17) is 5.73 Å². The lowest BCUT2D eigenvalue weighted by molar-refractivity contribution is -0.131. The van der Waals surface area contributed by atoms with E-state index in [0.29, 0.717) is 6.42 Å². The summed E-state index contributed by atoms with van der Waals surface area (Å²) in [5.41, 5.74) is 5.03. The normalized spacial score (nSPS) is 12.6. The SMILES string of the molecule is CC(=O)C(C(C)=O)C(CC(C)C)NC(N)=O. The number of carbonyl (C=O) groups is 3. The van der Waals surface area contributed by atoms with Gasteiger partial charge in [-0.3, -0.25) is 9.59 Å². The first-order chi connectivity index (χ1) is 7.25. The maximum Gasteiger partial charge on any atom is 0.312 e. The monoisotopic (exact) mass is 228 g/mol. The third kappa shape index (κ3) is 4.91. The van der Waals surface area contributed by atoms with Crippen molar-refractivity contribution in [3.05, 3.63) is 0 Å². The number of urea groups is 1. The van der Waals surface area contributed by atoms with E-state index < -0.39 is 18.0 Å².